The SMILES string of the molecule is CCc1cc2c(=O)n(CC(=O)Nc3cc(C)ccc3C)cnc2s1. The van der Waals surface area contributed by atoms with Gasteiger partial charge in [0.15, 0.2) is 0 Å². The highest BCUT2D eigenvalue weighted by Crippen LogP contribution is 2.21. The Balaban J connectivity index is 1.84. The molecule has 2 heterocycles. The number of rotatable bonds is 4. The Morgan fingerprint density at radius 2 is 2.08 bits per heavy atom. The highest BCUT2D eigenvalue weighted by atomic mass is 32.1. The fourth-order valence-electron chi connectivity index (χ4n) is 2.51. The van der Waals surface area contributed by atoms with Gasteiger partial charge >= 0.3 is 0 Å². The van der Waals surface area contributed by atoms with Crippen LogP contribution in [-0.2, 0) is 17.8 Å². The van der Waals surface area contributed by atoms with E-state index < -0.39 is 0 Å². The van der Waals surface area contributed by atoms with E-state index in [9.17, 15) is 9.59 Å². The molecular weight excluding hydrogens is 322 g/mol. The van der Waals surface area contributed by atoms with Gasteiger partial charge in [-0.2, -0.15) is 0 Å². The van der Waals surface area contributed by atoms with Crippen LogP contribution in [-0.4, -0.2) is 15.5 Å². The van der Waals surface area contributed by atoms with Gasteiger partial charge in [-0.1, -0.05) is 19.1 Å². The number of anilines is 1. The molecule has 3 rings (SSSR count). The normalized spacial score (nSPS) is 11.0. The predicted octanol–water partition coefficient (Wildman–Crippen LogP) is 3.28. The molecule has 1 amide bonds. The van der Waals surface area contributed by atoms with E-state index in [1.54, 1.807) is 0 Å². The molecule has 0 unspecified atom stereocenters. The second-order valence-corrected chi connectivity index (χ2v) is 6.94. The van der Waals surface area contributed by atoms with Crippen molar-refractivity contribution in [2.24, 2.45) is 0 Å². The maximum absolute atomic E-state index is 12.5. The van der Waals surface area contributed by atoms with Gasteiger partial charge in [-0.05, 0) is 43.5 Å². The van der Waals surface area contributed by atoms with E-state index in [1.165, 1.54) is 22.2 Å². The van der Waals surface area contributed by atoms with Gasteiger partial charge in [0.05, 0.1) is 11.7 Å². The van der Waals surface area contributed by atoms with Crippen LogP contribution in [0.25, 0.3) is 10.2 Å². The quantitative estimate of drug-likeness (QED) is 0.792. The summed E-state index contributed by atoms with van der Waals surface area (Å²) < 4.78 is 1.36. The van der Waals surface area contributed by atoms with Crippen LogP contribution in [0.5, 0.6) is 0 Å². The number of carbonyl (C=O) groups excluding carboxylic acids is 1. The molecule has 5 nitrogen and oxygen atoms in total. The molecule has 0 atom stereocenters. The molecule has 0 fully saturated rings. The average Bonchev–Trinajstić information content (AvgIpc) is 2.98. The van der Waals surface area contributed by atoms with Crippen LogP contribution in [0.1, 0.15) is 22.9 Å². The highest BCUT2D eigenvalue weighted by molar-refractivity contribution is 7.18. The Kier molecular flexibility index (Phi) is 4.49. The Morgan fingerprint density at radius 1 is 1.29 bits per heavy atom. The summed E-state index contributed by atoms with van der Waals surface area (Å²) in [6, 6.07) is 7.75. The predicted molar refractivity (Wildman–Crippen MR) is 97.8 cm³/mol. The van der Waals surface area contributed by atoms with Crippen LogP contribution in [0.4, 0.5) is 5.69 Å². The number of aromatic nitrogens is 2. The second kappa shape index (κ2) is 6.57. The topological polar surface area (TPSA) is 64.0 Å². The fraction of sp³-hybridized carbons (Fsp3) is 0.278. The van der Waals surface area contributed by atoms with Gasteiger partial charge in [0.1, 0.15) is 11.4 Å². The van der Waals surface area contributed by atoms with E-state index in [0.717, 1.165) is 32.9 Å². The first-order chi connectivity index (χ1) is 11.5. The largest absolute Gasteiger partial charge is 0.324 e. The van der Waals surface area contributed by atoms with Crippen LogP contribution in [0, 0.1) is 13.8 Å². The van der Waals surface area contributed by atoms with Crippen molar-refractivity contribution in [3.8, 4) is 0 Å². The Bertz CT molecular complexity index is 972. The van der Waals surface area contributed by atoms with E-state index in [2.05, 4.69) is 10.3 Å². The standard InChI is InChI=1S/C18H19N3O2S/c1-4-13-8-14-17(24-13)19-10-21(18(14)23)9-16(22)20-15-7-11(2)5-6-12(15)3/h5-8,10H,4,9H2,1-3H3,(H,20,22). The van der Waals surface area contributed by atoms with Crippen LogP contribution < -0.4 is 10.9 Å². The van der Waals surface area contributed by atoms with Gasteiger partial charge in [0, 0.05) is 10.6 Å². The van der Waals surface area contributed by atoms with Crippen molar-refractivity contribution in [1.82, 2.24) is 9.55 Å². The van der Waals surface area contributed by atoms with Gasteiger partial charge in [-0.15, -0.1) is 11.3 Å². The molecule has 2 aromatic heterocycles. The summed E-state index contributed by atoms with van der Waals surface area (Å²) in [5.74, 6) is -0.238. The molecule has 0 aliphatic carbocycles. The van der Waals surface area contributed by atoms with E-state index in [-0.39, 0.29) is 18.0 Å². The third-order valence-corrected chi connectivity index (χ3v) is 5.09. The maximum atomic E-state index is 12.5. The fourth-order valence-corrected chi connectivity index (χ4v) is 3.44. The molecule has 0 aliphatic heterocycles. The van der Waals surface area contributed by atoms with Crippen molar-refractivity contribution >= 4 is 33.1 Å². The smallest absolute Gasteiger partial charge is 0.262 e. The molecule has 124 valence electrons. The summed E-state index contributed by atoms with van der Waals surface area (Å²) >= 11 is 1.52. The minimum atomic E-state index is -0.238. The number of thiophene rings is 1. The first kappa shape index (κ1) is 16.4. The van der Waals surface area contributed by atoms with E-state index in [1.807, 2.05) is 45.0 Å². The third kappa shape index (κ3) is 3.23. The Hall–Kier alpha value is -2.47. The minimum Gasteiger partial charge on any atom is -0.324 e. The third-order valence-electron chi connectivity index (χ3n) is 3.90. The second-order valence-electron chi connectivity index (χ2n) is 5.83. The van der Waals surface area contributed by atoms with Gasteiger partial charge in [-0.25, -0.2) is 4.98 Å². The number of nitrogens with zero attached hydrogens (tertiary/aromatic N) is 2. The Morgan fingerprint density at radius 3 is 2.83 bits per heavy atom. The summed E-state index contributed by atoms with van der Waals surface area (Å²) in [5, 5.41) is 3.45. The van der Waals surface area contributed by atoms with Crippen molar-refractivity contribution < 1.29 is 4.79 Å². The highest BCUT2D eigenvalue weighted by Gasteiger charge is 2.11. The van der Waals surface area contributed by atoms with Crippen LogP contribution in [0.2, 0.25) is 0 Å². The minimum absolute atomic E-state index is 0.0491. The van der Waals surface area contributed by atoms with Crippen LogP contribution >= 0.6 is 11.3 Å². The molecule has 0 spiro atoms. The lowest BCUT2D eigenvalue weighted by Crippen LogP contribution is -2.27. The summed E-state index contributed by atoms with van der Waals surface area (Å²) in [5.41, 5.74) is 2.65. The molecule has 0 aliphatic rings. The van der Waals surface area contributed by atoms with Crippen molar-refractivity contribution in [2.45, 2.75) is 33.7 Å². The number of hydrogen-bond acceptors (Lipinski definition) is 4. The molecule has 3 aromatic rings. The lowest BCUT2D eigenvalue weighted by Gasteiger charge is -2.10. The number of benzene rings is 1. The van der Waals surface area contributed by atoms with Crippen molar-refractivity contribution in [2.75, 3.05) is 5.32 Å². The van der Waals surface area contributed by atoms with E-state index in [0.29, 0.717) is 5.39 Å². The van der Waals surface area contributed by atoms with Gasteiger partial charge < -0.3 is 5.32 Å². The summed E-state index contributed by atoms with van der Waals surface area (Å²) in [7, 11) is 0. The molecule has 24 heavy (non-hydrogen) atoms. The maximum Gasteiger partial charge on any atom is 0.262 e. The molecule has 0 saturated carbocycles. The number of hydrogen-bond donors (Lipinski definition) is 1. The zero-order chi connectivity index (χ0) is 17.3. The number of aryl methyl sites for hydroxylation is 3. The molecular formula is C18H19N3O2S. The number of nitrogens with one attached hydrogen (secondary N) is 1. The number of carbonyl (C=O) groups is 1. The van der Waals surface area contributed by atoms with E-state index >= 15 is 0 Å². The van der Waals surface area contributed by atoms with Crippen LogP contribution in [0.3, 0.4) is 0 Å². The molecule has 0 radical (unpaired) electrons. The van der Waals surface area contributed by atoms with Gasteiger partial charge in [0.25, 0.3) is 5.56 Å². The molecule has 1 aromatic carbocycles. The zero-order valence-electron chi connectivity index (χ0n) is 13.9. The first-order valence-corrected chi connectivity index (χ1v) is 8.64. The average molecular weight is 341 g/mol. The Labute approximate surface area is 144 Å². The van der Waals surface area contributed by atoms with Crippen molar-refractivity contribution in [3.63, 3.8) is 0 Å². The molecule has 6 heteroatoms. The summed E-state index contributed by atoms with van der Waals surface area (Å²) in [4.78, 5) is 31.0. The lowest BCUT2D eigenvalue weighted by atomic mass is 10.1. The van der Waals surface area contributed by atoms with Crippen molar-refractivity contribution in [1.29, 1.82) is 0 Å². The molecule has 0 saturated heterocycles. The lowest BCUT2D eigenvalue weighted by molar-refractivity contribution is -0.116. The van der Waals surface area contributed by atoms with Crippen molar-refractivity contribution in [3.05, 3.63) is 57.0 Å². The zero-order valence-corrected chi connectivity index (χ0v) is 14.7. The number of fused-ring (bicyclic) bond motifs is 1. The molecule has 0 bridgehead atoms. The monoisotopic (exact) mass is 341 g/mol. The van der Waals surface area contributed by atoms with E-state index in [4.69, 9.17) is 0 Å². The number of amides is 1. The molecule has 1 N–H and O–H groups in total. The van der Waals surface area contributed by atoms with Gasteiger partial charge in [-0.3, -0.25) is 14.2 Å². The summed E-state index contributed by atoms with van der Waals surface area (Å²) in [6.07, 6.45) is 2.32. The van der Waals surface area contributed by atoms with Gasteiger partial charge in [0.2, 0.25) is 5.91 Å². The van der Waals surface area contributed by atoms with Crippen LogP contribution in [0.15, 0.2) is 35.4 Å². The summed E-state index contributed by atoms with van der Waals surface area (Å²) in [6.45, 7) is 5.90. The first-order valence-electron chi connectivity index (χ1n) is 7.83.